The number of hydrogen-bond acceptors (Lipinski definition) is 2. The van der Waals surface area contributed by atoms with Crippen LogP contribution in [0.15, 0.2) is 27.6 Å². The van der Waals surface area contributed by atoms with Crippen LogP contribution in [0.5, 0.6) is 0 Å². The summed E-state index contributed by atoms with van der Waals surface area (Å²) in [5.41, 5.74) is 0.324. The molecule has 0 atom stereocenters. The molecule has 0 saturated heterocycles. The van der Waals surface area contributed by atoms with Crippen LogP contribution < -0.4 is 0 Å². The van der Waals surface area contributed by atoms with E-state index in [2.05, 4.69) is 22.9 Å². The molecule has 1 aromatic carbocycles. The normalized spacial score (nSPS) is 10.4. The predicted molar refractivity (Wildman–Crippen MR) is 71.4 cm³/mol. The molecule has 1 aromatic rings. The van der Waals surface area contributed by atoms with Crippen LogP contribution in [0.4, 0.5) is 0 Å². The van der Waals surface area contributed by atoms with Gasteiger partial charge >= 0.3 is 5.97 Å². The molecule has 0 saturated carbocycles. The Labute approximate surface area is 109 Å². The van der Waals surface area contributed by atoms with Crippen molar-refractivity contribution in [2.75, 3.05) is 5.75 Å². The predicted octanol–water partition coefficient (Wildman–Crippen LogP) is 4.43. The minimum absolute atomic E-state index is 0.324. The van der Waals surface area contributed by atoms with Crippen molar-refractivity contribution in [2.24, 2.45) is 0 Å². The van der Waals surface area contributed by atoms with Crippen LogP contribution in [-0.4, -0.2) is 16.8 Å². The summed E-state index contributed by atoms with van der Waals surface area (Å²) < 4.78 is 0.869. The zero-order valence-electron chi connectivity index (χ0n) is 9.20. The molecular formula is C12H15BrO2S. The Morgan fingerprint density at radius 3 is 2.75 bits per heavy atom. The second kappa shape index (κ2) is 6.97. The number of carboxylic acids is 1. The summed E-state index contributed by atoms with van der Waals surface area (Å²) >= 11 is 5.17. The third-order valence-corrected chi connectivity index (χ3v) is 4.26. The SMILES string of the molecule is CCCCCSc1ccc(C(=O)O)cc1Br. The molecule has 2 nitrogen and oxygen atoms in total. The second-order valence-corrected chi connectivity index (χ2v) is 5.50. The van der Waals surface area contributed by atoms with Gasteiger partial charge in [0.05, 0.1) is 5.56 Å². The average molecular weight is 303 g/mol. The largest absolute Gasteiger partial charge is 0.478 e. The first-order valence-corrected chi connectivity index (χ1v) is 7.08. The molecule has 1 rings (SSSR count). The van der Waals surface area contributed by atoms with Crippen molar-refractivity contribution in [2.45, 2.75) is 31.1 Å². The molecule has 0 aliphatic heterocycles. The number of aromatic carboxylic acids is 1. The lowest BCUT2D eigenvalue weighted by Crippen LogP contribution is -1.95. The number of unbranched alkanes of at least 4 members (excludes halogenated alkanes) is 2. The highest BCUT2D eigenvalue weighted by molar-refractivity contribution is 9.10. The molecule has 16 heavy (non-hydrogen) atoms. The molecule has 0 bridgehead atoms. The molecular weight excluding hydrogens is 288 g/mol. The molecule has 0 unspecified atom stereocenters. The van der Waals surface area contributed by atoms with Gasteiger partial charge in [-0.25, -0.2) is 4.79 Å². The highest BCUT2D eigenvalue weighted by atomic mass is 79.9. The maximum absolute atomic E-state index is 10.7. The molecule has 0 radical (unpaired) electrons. The maximum Gasteiger partial charge on any atom is 0.335 e. The topological polar surface area (TPSA) is 37.3 Å². The smallest absolute Gasteiger partial charge is 0.335 e. The number of rotatable bonds is 6. The Morgan fingerprint density at radius 2 is 2.19 bits per heavy atom. The van der Waals surface area contributed by atoms with Crippen molar-refractivity contribution >= 4 is 33.7 Å². The fraction of sp³-hybridized carbons (Fsp3) is 0.417. The summed E-state index contributed by atoms with van der Waals surface area (Å²) in [5.74, 6) is 0.196. The second-order valence-electron chi connectivity index (χ2n) is 3.51. The van der Waals surface area contributed by atoms with Crippen LogP contribution in [-0.2, 0) is 0 Å². The summed E-state index contributed by atoms with van der Waals surface area (Å²) in [6.45, 7) is 2.18. The van der Waals surface area contributed by atoms with Crippen molar-refractivity contribution in [3.8, 4) is 0 Å². The van der Waals surface area contributed by atoms with Crippen LogP contribution in [0.1, 0.15) is 36.5 Å². The molecule has 88 valence electrons. The van der Waals surface area contributed by atoms with Gasteiger partial charge in [-0.3, -0.25) is 0 Å². The Bertz CT molecular complexity index is 366. The summed E-state index contributed by atoms with van der Waals surface area (Å²) in [5, 5.41) is 8.82. The molecule has 0 heterocycles. The summed E-state index contributed by atoms with van der Waals surface area (Å²) in [4.78, 5) is 11.8. The summed E-state index contributed by atoms with van der Waals surface area (Å²) in [6.07, 6.45) is 3.67. The maximum atomic E-state index is 10.7. The molecule has 0 amide bonds. The first kappa shape index (κ1) is 13.6. The molecule has 0 aliphatic rings. The Balaban J connectivity index is 2.57. The van der Waals surface area contributed by atoms with E-state index < -0.39 is 5.97 Å². The number of hydrogen-bond donors (Lipinski definition) is 1. The summed E-state index contributed by atoms with van der Waals surface area (Å²) in [6, 6.07) is 5.17. The number of carboxylic acid groups (broad SMARTS) is 1. The average Bonchev–Trinajstić information content (AvgIpc) is 2.26. The monoisotopic (exact) mass is 302 g/mol. The lowest BCUT2D eigenvalue weighted by Gasteiger charge is -2.05. The van der Waals surface area contributed by atoms with Crippen molar-refractivity contribution in [3.63, 3.8) is 0 Å². The minimum Gasteiger partial charge on any atom is -0.478 e. The number of carbonyl (C=O) groups is 1. The zero-order valence-corrected chi connectivity index (χ0v) is 11.6. The highest BCUT2D eigenvalue weighted by Gasteiger charge is 2.06. The molecule has 0 spiro atoms. The minimum atomic E-state index is -0.886. The van der Waals surface area contributed by atoms with E-state index in [1.165, 1.54) is 19.3 Å². The molecule has 0 aromatic heterocycles. The van der Waals surface area contributed by atoms with Crippen LogP contribution in [0.25, 0.3) is 0 Å². The van der Waals surface area contributed by atoms with Gasteiger partial charge in [0.15, 0.2) is 0 Å². The van der Waals surface area contributed by atoms with Crippen LogP contribution in [0.2, 0.25) is 0 Å². The molecule has 0 fully saturated rings. The molecule has 1 N–H and O–H groups in total. The van der Waals surface area contributed by atoms with Gasteiger partial charge < -0.3 is 5.11 Å². The van der Waals surface area contributed by atoms with Crippen molar-refractivity contribution in [1.29, 1.82) is 0 Å². The zero-order chi connectivity index (χ0) is 12.0. The first-order chi connectivity index (χ1) is 7.65. The van der Waals surface area contributed by atoms with Crippen LogP contribution >= 0.6 is 27.7 Å². The van der Waals surface area contributed by atoms with E-state index in [1.807, 2.05) is 6.07 Å². The van der Waals surface area contributed by atoms with Gasteiger partial charge in [-0.1, -0.05) is 19.8 Å². The lowest BCUT2D eigenvalue weighted by molar-refractivity contribution is 0.0696. The van der Waals surface area contributed by atoms with Gasteiger partial charge in [-0.05, 0) is 46.3 Å². The van der Waals surface area contributed by atoms with Gasteiger partial charge in [-0.2, -0.15) is 0 Å². The van der Waals surface area contributed by atoms with Crippen molar-refractivity contribution in [1.82, 2.24) is 0 Å². The van der Waals surface area contributed by atoms with E-state index in [-0.39, 0.29) is 0 Å². The standard InChI is InChI=1S/C12H15BrO2S/c1-2-3-4-7-16-11-6-5-9(12(14)15)8-10(11)13/h5-6,8H,2-4,7H2,1H3,(H,14,15). The van der Waals surface area contributed by atoms with Crippen molar-refractivity contribution in [3.05, 3.63) is 28.2 Å². The third-order valence-electron chi connectivity index (χ3n) is 2.18. The van der Waals surface area contributed by atoms with E-state index in [4.69, 9.17) is 5.11 Å². The quantitative estimate of drug-likeness (QED) is 0.624. The van der Waals surface area contributed by atoms with E-state index in [1.54, 1.807) is 23.9 Å². The number of halogens is 1. The van der Waals surface area contributed by atoms with E-state index >= 15 is 0 Å². The molecule has 0 aliphatic carbocycles. The van der Waals surface area contributed by atoms with Gasteiger partial charge in [0.25, 0.3) is 0 Å². The van der Waals surface area contributed by atoms with Crippen molar-refractivity contribution < 1.29 is 9.90 Å². The van der Waals surface area contributed by atoms with Crippen LogP contribution in [0, 0.1) is 0 Å². The molecule has 4 heteroatoms. The fourth-order valence-electron chi connectivity index (χ4n) is 1.29. The number of benzene rings is 1. The Kier molecular flexibility index (Phi) is 5.91. The summed E-state index contributed by atoms with van der Waals surface area (Å²) in [7, 11) is 0. The van der Waals surface area contributed by atoms with Crippen LogP contribution in [0.3, 0.4) is 0 Å². The third kappa shape index (κ3) is 4.18. The Hall–Kier alpha value is -0.480. The fourth-order valence-corrected chi connectivity index (χ4v) is 2.94. The number of thioether (sulfide) groups is 1. The van der Waals surface area contributed by atoms with Gasteiger partial charge in [-0.15, -0.1) is 11.8 Å². The Morgan fingerprint density at radius 1 is 1.44 bits per heavy atom. The van der Waals surface area contributed by atoms with Gasteiger partial charge in [0.2, 0.25) is 0 Å². The van der Waals surface area contributed by atoms with Gasteiger partial charge in [0.1, 0.15) is 0 Å². The first-order valence-electron chi connectivity index (χ1n) is 5.30. The van der Waals surface area contributed by atoms with Gasteiger partial charge in [0, 0.05) is 9.37 Å². The van der Waals surface area contributed by atoms with E-state index in [0.717, 1.165) is 15.1 Å². The van der Waals surface area contributed by atoms with E-state index in [0.29, 0.717) is 5.56 Å². The lowest BCUT2D eigenvalue weighted by atomic mass is 10.2. The highest BCUT2D eigenvalue weighted by Crippen LogP contribution is 2.29. The van der Waals surface area contributed by atoms with E-state index in [9.17, 15) is 4.79 Å².